The van der Waals surface area contributed by atoms with Crippen molar-refractivity contribution in [3.63, 3.8) is 0 Å². The molecule has 102 valence electrons. The Morgan fingerprint density at radius 3 is 2.35 bits per heavy atom. The fourth-order valence-electron chi connectivity index (χ4n) is 1.81. The van der Waals surface area contributed by atoms with Gasteiger partial charge in [0.2, 0.25) is 10.0 Å². The number of aliphatic hydroxyl groups excluding tert-OH is 1. The third-order valence-electron chi connectivity index (χ3n) is 3.17. The summed E-state index contributed by atoms with van der Waals surface area (Å²) in [5, 5.41) is 12.7. The summed E-state index contributed by atoms with van der Waals surface area (Å²) in [7, 11) is -1.72. The molecule has 0 saturated carbocycles. The molecule has 0 amide bonds. The average molecular weight is 264 g/mol. The zero-order valence-corrected chi connectivity index (χ0v) is 11.9. The molecule has 0 aromatic carbocycles. The molecule has 2 atom stereocenters. The lowest BCUT2D eigenvalue weighted by molar-refractivity contribution is 0.136. The van der Waals surface area contributed by atoms with Crippen molar-refractivity contribution >= 4 is 10.0 Å². The number of aliphatic hydroxyl groups is 1. The van der Waals surface area contributed by atoms with Gasteiger partial charge in [-0.3, -0.25) is 0 Å². The van der Waals surface area contributed by atoms with Crippen LogP contribution in [0.15, 0.2) is 0 Å². The highest BCUT2D eigenvalue weighted by molar-refractivity contribution is 7.89. The van der Waals surface area contributed by atoms with Gasteiger partial charge in [-0.2, -0.15) is 4.31 Å². The van der Waals surface area contributed by atoms with E-state index in [9.17, 15) is 13.5 Å². The van der Waals surface area contributed by atoms with Crippen molar-refractivity contribution in [1.29, 1.82) is 0 Å². The minimum Gasteiger partial charge on any atom is -0.390 e. The third-order valence-corrected chi connectivity index (χ3v) is 5.04. The maximum absolute atomic E-state index is 12.1. The topological polar surface area (TPSA) is 69.6 Å². The minimum atomic E-state index is -3.28. The first-order chi connectivity index (χ1) is 7.63. The quantitative estimate of drug-likeness (QED) is 0.751. The molecule has 0 unspecified atom stereocenters. The Kier molecular flexibility index (Phi) is 4.57. The zero-order chi connectivity index (χ0) is 13.3. The number of β-amino-alcohol motifs (C(OH)–C–C–N with tert-alkyl or cyclic N) is 1. The second kappa shape index (κ2) is 5.22. The van der Waals surface area contributed by atoms with Crippen LogP contribution in [-0.4, -0.2) is 55.9 Å². The normalized spacial score (nSPS) is 26.7. The lowest BCUT2D eigenvalue weighted by Crippen LogP contribution is -2.45. The summed E-state index contributed by atoms with van der Waals surface area (Å²) in [5.74, 6) is 0.135. The molecule has 1 heterocycles. The number of likely N-dealkylation sites (N-methyl/N-ethyl adjacent to an activating group) is 1. The van der Waals surface area contributed by atoms with E-state index in [0.29, 0.717) is 19.5 Å². The van der Waals surface area contributed by atoms with E-state index in [1.807, 2.05) is 20.8 Å². The fourth-order valence-corrected chi connectivity index (χ4v) is 3.59. The Balaban J connectivity index is 2.63. The molecule has 0 radical (unpaired) electrons. The molecule has 1 aliphatic heterocycles. The summed E-state index contributed by atoms with van der Waals surface area (Å²) < 4.78 is 25.5. The second-order valence-corrected chi connectivity index (χ2v) is 8.08. The molecule has 0 aromatic rings. The van der Waals surface area contributed by atoms with Crippen LogP contribution in [-0.2, 0) is 10.0 Å². The van der Waals surface area contributed by atoms with Crippen LogP contribution < -0.4 is 5.32 Å². The predicted octanol–water partition coefficient (Wildman–Crippen LogP) is 0.0169. The molecular weight excluding hydrogens is 240 g/mol. The number of sulfonamides is 1. The molecule has 0 spiro atoms. The van der Waals surface area contributed by atoms with Crippen LogP contribution in [0.2, 0.25) is 0 Å². The smallest absolute Gasteiger partial charge is 0.214 e. The lowest BCUT2D eigenvalue weighted by Gasteiger charge is -2.27. The average Bonchev–Trinajstić information content (AvgIpc) is 2.59. The van der Waals surface area contributed by atoms with Crippen LogP contribution in [0.1, 0.15) is 27.2 Å². The van der Waals surface area contributed by atoms with Crippen LogP contribution in [0.4, 0.5) is 0 Å². The number of hydrogen-bond donors (Lipinski definition) is 2. The van der Waals surface area contributed by atoms with Crippen LogP contribution >= 0.6 is 0 Å². The first-order valence-corrected chi connectivity index (χ1v) is 7.59. The standard InChI is InChI=1S/C11H24N2O3S/c1-11(2,3)5-6-17(15,16)13(4)9-7-12-8-10(9)14/h9-10,12,14H,5-8H2,1-4H3/t9-,10-/m1/s1. The van der Waals surface area contributed by atoms with Crippen molar-refractivity contribution < 1.29 is 13.5 Å². The van der Waals surface area contributed by atoms with Gasteiger partial charge in [0, 0.05) is 20.1 Å². The lowest BCUT2D eigenvalue weighted by atomic mass is 9.94. The van der Waals surface area contributed by atoms with Gasteiger partial charge < -0.3 is 10.4 Å². The summed E-state index contributed by atoms with van der Waals surface area (Å²) in [4.78, 5) is 0. The van der Waals surface area contributed by atoms with E-state index in [1.165, 1.54) is 4.31 Å². The molecule has 1 rings (SSSR count). The highest BCUT2D eigenvalue weighted by Crippen LogP contribution is 2.21. The van der Waals surface area contributed by atoms with E-state index >= 15 is 0 Å². The van der Waals surface area contributed by atoms with Gasteiger partial charge in [-0.15, -0.1) is 0 Å². The van der Waals surface area contributed by atoms with Crippen LogP contribution in [0.25, 0.3) is 0 Å². The molecule has 17 heavy (non-hydrogen) atoms. The summed E-state index contributed by atoms with van der Waals surface area (Å²) in [5.41, 5.74) is 0.000448. The Hall–Kier alpha value is -0.170. The summed E-state index contributed by atoms with van der Waals surface area (Å²) in [6.45, 7) is 7.05. The number of nitrogens with one attached hydrogen (secondary N) is 1. The number of rotatable bonds is 4. The summed E-state index contributed by atoms with van der Waals surface area (Å²) in [6, 6.07) is -0.333. The molecular formula is C11H24N2O3S. The molecule has 1 fully saturated rings. The predicted molar refractivity (Wildman–Crippen MR) is 68.3 cm³/mol. The fraction of sp³-hybridized carbons (Fsp3) is 1.00. The van der Waals surface area contributed by atoms with Gasteiger partial charge in [0.1, 0.15) is 0 Å². The molecule has 0 bridgehead atoms. The Labute approximate surface area is 104 Å². The number of nitrogens with zero attached hydrogens (tertiary/aromatic N) is 1. The largest absolute Gasteiger partial charge is 0.390 e. The number of hydrogen-bond acceptors (Lipinski definition) is 4. The Bertz CT molecular complexity index is 348. The molecule has 6 heteroatoms. The van der Waals surface area contributed by atoms with Crippen molar-refractivity contribution in [1.82, 2.24) is 9.62 Å². The highest BCUT2D eigenvalue weighted by Gasteiger charge is 2.35. The maximum atomic E-state index is 12.1. The summed E-state index contributed by atoms with van der Waals surface area (Å²) >= 11 is 0. The van der Waals surface area contributed by atoms with E-state index in [0.717, 1.165) is 0 Å². The molecule has 2 N–H and O–H groups in total. The van der Waals surface area contributed by atoms with E-state index in [4.69, 9.17) is 0 Å². The molecule has 1 saturated heterocycles. The second-order valence-electron chi connectivity index (χ2n) is 5.94. The Morgan fingerprint density at radius 1 is 1.35 bits per heavy atom. The SMILES string of the molecule is CN([C@@H]1CNC[C@H]1O)S(=O)(=O)CCC(C)(C)C. The van der Waals surface area contributed by atoms with Gasteiger partial charge in [-0.05, 0) is 11.8 Å². The maximum Gasteiger partial charge on any atom is 0.214 e. The zero-order valence-electron chi connectivity index (χ0n) is 11.1. The van der Waals surface area contributed by atoms with Crippen molar-refractivity contribution in [2.45, 2.75) is 39.3 Å². The van der Waals surface area contributed by atoms with Gasteiger partial charge in [0.05, 0.1) is 17.9 Å². The van der Waals surface area contributed by atoms with Crippen LogP contribution in [0, 0.1) is 5.41 Å². The molecule has 0 aliphatic carbocycles. The van der Waals surface area contributed by atoms with Gasteiger partial charge in [-0.1, -0.05) is 20.8 Å². The van der Waals surface area contributed by atoms with Crippen molar-refractivity contribution in [2.24, 2.45) is 5.41 Å². The van der Waals surface area contributed by atoms with Crippen molar-refractivity contribution in [3.05, 3.63) is 0 Å². The van der Waals surface area contributed by atoms with Gasteiger partial charge >= 0.3 is 0 Å². The monoisotopic (exact) mass is 264 g/mol. The van der Waals surface area contributed by atoms with Crippen LogP contribution in [0.5, 0.6) is 0 Å². The molecule has 1 aliphatic rings. The molecule has 0 aromatic heterocycles. The van der Waals surface area contributed by atoms with Gasteiger partial charge in [0.15, 0.2) is 0 Å². The van der Waals surface area contributed by atoms with E-state index in [1.54, 1.807) is 7.05 Å². The van der Waals surface area contributed by atoms with Crippen molar-refractivity contribution in [3.8, 4) is 0 Å². The van der Waals surface area contributed by atoms with E-state index in [2.05, 4.69) is 5.32 Å². The third kappa shape index (κ3) is 4.21. The first kappa shape index (κ1) is 14.9. The first-order valence-electron chi connectivity index (χ1n) is 5.98. The van der Waals surface area contributed by atoms with Gasteiger partial charge in [0.25, 0.3) is 0 Å². The van der Waals surface area contributed by atoms with Crippen molar-refractivity contribution in [2.75, 3.05) is 25.9 Å². The molecule has 5 nitrogen and oxygen atoms in total. The van der Waals surface area contributed by atoms with E-state index in [-0.39, 0.29) is 17.2 Å². The van der Waals surface area contributed by atoms with Crippen LogP contribution in [0.3, 0.4) is 0 Å². The summed E-state index contributed by atoms with van der Waals surface area (Å²) in [6.07, 6.45) is 0.0139. The minimum absolute atomic E-state index is 0.000448. The van der Waals surface area contributed by atoms with E-state index < -0.39 is 16.1 Å². The van der Waals surface area contributed by atoms with Gasteiger partial charge in [-0.25, -0.2) is 8.42 Å². The Morgan fingerprint density at radius 2 is 1.94 bits per heavy atom. The highest BCUT2D eigenvalue weighted by atomic mass is 32.2.